The second kappa shape index (κ2) is 15.2. The molecule has 27 heavy (non-hydrogen) atoms. The highest BCUT2D eigenvalue weighted by Gasteiger charge is 2.06. The third kappa shape index (κ3) is 12.2. The summed E-state index contributed by atoms with van der Waals surface area (Å²) >= 11 is 0. The van der Waals surface area contributed by atoms with Gasteiger partial charge in [-0.3, -0.25) is 14.9 Å². The molecule has 0 aliphatic heterocycles. The Hall–Kier alpha value is -1.91. The summed E-state index contributed by atoms with van der Waals surface area (Å²) in [7, 11) is 0. The summed E-state index contributed by atoms with van der Waals surface area (Å²) in [5.41, 5.74) is 0.643. The first-order chi connectivity index (χ1) is 13.1. The van der Waals surface area contributed by atoms with Crippen molar-refractivity contribution in [3.8, 4) is 0 Å². The van der Waals surface area contributed by atoms with Gasteiger partial charge in [0.25, 0.3) is 5.69 Å². The molecule has 0 unspecified atom stereocenters. The van der Waals surface area contributed by atoms with E-state index in [0.717, 1.165) is 12.8 Å². The van der Waals surface area contributed by atoms with Gasteiger partial charge in [-0.1, -0.05) is 84.0 Å². The molecule has 0 saturated heterocycles. The fourth-order valence-electron chi connectivity index (χ4n) is 3.19. The molecule has 152 valence electrons. The Morgan fingerprint density at radius 3 is 1.70 bits per heavy atom. The molecule has 0 fully saturated rings. The summed E-state index contributed by atoms with van der Waals surface area (Å²) in [6.07, 6.45) is 17.2. The summed E-state index contributed by atoms with van der Waals surface area (Å²) in [6, 6.07) is 5.95. The molecule has 0 saturated carbocycles. The molecule has 1 N–H and O–H groups in total. The number of amides is 1. The van der Waals surface area contributed by atoms with Gasteiger partial charge >= 0.3 is 0 Å². The molecule has 1 rings (SSSR count). The maximum Gasteiger partial charge on any atom is 0.269 e. The Bertz CT molecular complexity index is 529. The standard InChI is InChI=1S/C22H36N2O3/c1-2-3-4-5-6-7-8-9-10-11-12-13-14-15-22(25)23-20-16-18-21(19-17-20)24(26)27/h16-19H,2-15H2,1H3,(H,23,25). The Balaban J connectivity index is 1.93. The monoisotopic (exact) mass is 376 g/mol. The Morgan fingerprint density at radius 1 is 0.815 bits per heavy atom. The van der Waals surface area contributed by atoms with Crippen molar-refractivity contribution in [3.63, 3.8) is 0 Å². The molecule has 0 heterocycles. The van der Waals surface area contributed by atoms with Crippen LogP contribution >= 0.6 is 0 Å². The van der Waals surface area contributed by atoms with Gasteiger partial charge in [-0.05, 0) is 18.6 Å². The molecule has 0 aliphatic rings. The fraction of sp³-hybridized carbons (Fsp3) is 0.682. The zero-order valence-electron chi connectivity index (χ0n) is 16.9. The van der Waals surface area contributed by atoms with Gasteiger partial charge in [0.1, 0.15) is 0 Å². The predicted molar refractivity (Wildman–Crippen MR) is 112 cm³/mol. The quantitative estimate of drug-likeness (QED) is 0.191. The number of benzene rings is 1. The largest absolute Gasteiger partial charge is 0.326 e. The Kier molecular flexibility index (Phi) is 13.0. The number of rotatable bonds is 16. The van der Waals surface area contributed by atoms with E-state index in [1.54, 1.807) is 12.1 Å². The second-order valence-electron chi connectivity index (χ2n) is 7.34. The number of nitro groups is 1. The van der Waals surface area contributed by atoms with Crippen molar-refractivity contribution in [1.29, 1.82) is 0 Å². The van der Waals surface area contributed by atoms with E-state index in [4.69, 9.17) is 0 Å². The second-order valence-corrected chi connectivity index (χ2v) is 7.34. The first-order valence-electron chi connectivity index (χ1n) is 10.7. The number of carbonyl (C=O) groups is 1. The van der Waals surface area contributed by atoms with Crippen LogP contribution in [-0.4, -0.2) is 10.8 Å². The first-order valence-corrected chi connectivity index (χ1v) is 10.7. The highest BCUT2D eigenvalue weighted by molar-refractivity contribution is 5.90. The number of anilines is 1. The van der Waals surface area contributed by atoms with Gasteiger partial charge in [-0.15, -0.1) is 0 Å². The minimum atomic E-state index is -0.445. The van der Waals surface area contributed by atoms with Crippen LogP contribution in [-0.2, 0) is 4.79 Å². The van der Waals surface area contributed by atoms with Crippen LogP contribution in [0.1, 0.15) is 96.8 Å². The van der Waals surface area contributed by atoms with E-state index in [1.807, 2.05) is 0 Å². The van der Waals surface area contributed by atoms with E-state index in [2.05, 4.69) is 12.2 Å². The molecule has 5 nitrogen and oxygen atoms in total. The molecular weight excluding hydrogens is 340 g/mol. The maximum atomic E-state index is 11.9. The smallest absolute Gasteiger partial charge is 0.269 e. The minimum absolute atomic E-state index is 0.0214. The van der Waals surface area contributed by atoms with Crippen molar-refractivity contribution in [3.05, 3.63) is 34.4 Å². The summed E-state index contributed by atoms with van der Waals surface area (Å²) < 4.78 is 0. The topological polar surface area (TPSA) is 72.2 Å². The van der Waals surface area contributed by atoms with E-state index >= 15 is 0 Å². The van der Waals surface area contributed by atoms with Crippen LogP contribution in [0.4, 0.5) is 11.4 Å². The fourth-order valence-corrected chi connectivity index (χ4v) is 3.19. The third-order valence-electron chi connectivity index (χ3n) is 4.87. The molecule has 1 aromatic carbocycles. The van der Waals surface area contributed by atoms with E-state index in [0.29, 0.717) is 12.1 Å². The van der Waals surface area contributed by atoms with Gasteiger partial charge in [0.2, 0.25) is 5.91 Å². The average Bonchev–Trinajstić information content (AvgIpc) is 2.66. The first kappa shape index (κ1) is 23.1. The van der Waals surface area contributed by atoms with Crippen molar-refractivity contribution in [2.24, 2.45) is 0 Å². The van der Waals surface area contributed by atoms with Crippen LogP contribution in [0.3, 0.4) is 0 Å². The number of non-ortho nitro benzene ring substituents is 1. The number of nitro benzene ring substituents is 1. The maximum absolute atomic E-state index is 11.9. The Morgan fingerprint density at radius 2 is 1.26 bits per heavy atom. The average molecular weight is 377 g/mol. The molecule has 0 atom stereocenters. The van der Waals surface area contributed by atoms with Gasteiger partial charge in [-0.2, -0.15) is 0 Å². The van der Waals surface area contributed by atoms with Crippen molar-refractivity contribution in [2.75, 3.05) is 5.32 Å². The van der Waals surface area contributed by atoms with Crippen LogP contribution in [0, 0.1) is 10.1 Å². The van der Waals surface area contributed by atoms with Crippen molar-refractivity contribution in [1.82, 2.24) is 0 Å². The normalized spacial score (nSPS) is 10.7. The van der Waals surface area contributed by atoms with Crippen LogP contribution in [0.25, 0.3) is 0 Å². The van der Waals surface area contributed by atoms with E-state index < -0.39 is 4.92 Å². The summed E-state index contributed by atoms with van der Waals surface area (Å²) in [5.74, 6) is -0.0214. The zero-order valence-corrected chi connectivity index (χ0v) is 16.9. The predicted octanol–water partition coefficient (Wildman–Crippen LogP) is 7.01. The number of hydrogen-bond donors (Lipinski definition) is 1. The molecule has 5 heteroatoms. The molecule has 0 aliphatic carbocycles. The number of carbonyl (C=O) groups excluding carboxylic acids is 1. The van der Waals surface area contributed by atoms with Gasteiger partial charge < -0.3 is 5.32 Å². The lowest BCUT2D eigenvalue weighted by atomic mass is 10.0. The van der Waals surface area contributed by atoms with Gasteiger partial charge in [0.05, 0.1) is 4.92 Å². The lowest BCUT2D eigenvalue weighted by Gasteiger charge is -2.05. The van der Waals surface area contributed by atoms with Crippen molar-refractivity contribution >= 4 is 17.3 Å². The lowest BCUT2D eigenvalue weighted by Crippen LogP contribution is -2.10. The summed E-state index contributed by atoms with van der Waals surface area (Å²) in [6.45, 7) is 2.26. The molecule has 1 amide bonds. The summed E-state index contributed by atoms with van der Waals surface area (Å²) in [5, 5.41) is 13.4. The summed E-state index contributed by atoms with van der Waals surface area (Å²) in [4.78, 5) is 22.0. The highest BCUT2D eigenvalue weighted by atomic mass is 16.6. The SMILES string of the molecule is CCCCCCCCCCCCCCCC(=O)Nc1ccc([N+](=O)[O-])cc1. The molecule has 0 bridgehead atoms. The van der Waals surface area contributed by atoms with Gasteiger partial charge in [-0.25, -0.2) is 0 Å². The number of unbranched alkanes of at least 4 members (excludes halogenated alkanes) is 12. The van der Waals surface area contributed by atoms with E-state index in [1.165, 1.54) is 82.8 Å². The van der Waals surface area contributed by atoms with Crippen LogP contribution in [0.5, 0.6) is 0 Å². The molecular formula is C22H36N2O3. The van der Waals surface area contributed by atoms with Crippen LogP contribution in [0.15, 0.2) is 24.3 Å². The van der Waals surface area contributed by atoms with Crippen LogP contribution < -0.4 is 5.32 Å². The number of nitrogens with one attached hydrogen (secondary N) is 1. The third-order valence-corrected chi connectivity index (χ3v) is 4.87. The van der Waals surface area contributed by atoms with E-state index in [-0.39, 0.29) is 11.6 Å². The van der Waals surface area contributed by atoms with Crippen molar-refractivity contribution < 1.29 is 9.72 Å². The Labute approximate surface area is 164 Å². The zero-order chi connectivity index (χ0) is 19.7. The van der Waals surface area contributed by atoms with Crippen molar-refractivity contribution in [2.45, 2.75) is 96.8 Å². The molecule has 1 aromatic rings. The molecule has 0 spiro atoms. The number of nitrogens with zero attached hydrogens (tertiary/aromatic N) is 1. The minimum Gasteiger partial charge on any atom is -0.326 e. The molecule has 0 aromatic heterocycles. The van der Waals surface area contributed by atoms with E-state index in [9.17, 15) is 14.9 Å². The molecule has 0 radical (unpaired) electrons. The highest BCUT2D eigenvalue weighted by Crippen LogP contribution is 2.16. The van der Waals surface area contributed by atoms with Gasteiger partial charge in [0, 0.05) is 24.2 Å². The van der Waals surface area contributed by atoms with Crippen LogP contribution in [0.2, 0.25) is 0 Å². The lowest BCUT2D eigenvalue weighted by molar-refractivity contribution is -0.384. The van der Waals surface area contributed by atoms with Gasteiger partial charge in [0.15, 0.2) is 0 Å². The number of hydrogen-bond acceptors (Lipinski definition) is 3.